The van der Waals surface area contributed by atoms with Gasteiger partial charge in [0.15, 0.2) is 0 Å². The third kappa shape index (κ3) is 4.91. The monoisotopic (exact) mass is 317 g/mol. The molecule has 0 saturated heterocycles. The van der Waals surface area contributed by atoms with Gasteiger partial charge in [-0.15, -0.1) is 0 Å². The second-order valence-corrected chi connectivity index (χ2v) is 4.36. The zero-order chi connectivity index (χ0) is 16.4. The van der Waals surface area contributed by atoms with Crippen LogP contribution in [0.1, 0.15) is 29.3 Å². The summed E-state index contributed by atoms with van der Waals surface area (Å²) in [6, 6.07) is 0.604. The Hall–Kier alpha value is -1.80. The van der Waals surface area contributed by atoms with E-state index in [9.17, 15) is 35.5 Å². The molecular formula is C12H10F7NO. The van der Waals surface area contributed by atoms with Gasteiger partial charge in [-0.05, 0) is 19.1 Å². The molecule has 0 aliphatic heterocycles. The van der Waals surface area contributed by atoms with Crippen molar-refractivity contribution in [2.24, 2.45) is 0 Å². The minimum atomic E-state index is -5.00. The minimum Gasteiger partial charge on any atom is -0.349 e. The van der Waals surface area contributed by atoms with Gasteiger partial charge in [-0.25, -0.2) is 4.39 Å². The van der Waals surface area contributed by atoms with Gasteiger partial charge in [0.25, 0.3) is 5.91 Å². The summed E-state index contributed by atoms with van der Waals surface area (Å²) < 4.78 is 87.2. The number of nitrogens with one attached hydrogen (secondary N) is 1. The molecular weight excluding hydrogens is 307 g/mol. The molecule has 1 N–H and O–H groups in total. The lowest BCUT2D eigenvalue weighted by Crippen LogP contribution is -2.36. The van der Waals surface area contributed by atoms with Crippen molar-refractivity contribution in [1.82, 2.24) is 5.32 Å². The number of carbonyl (C=O) groups excluding carboxylic acids is 1. The van der Waals surface area contributed by atoms with E-state index in [4.69, 9.17) is 0 Å². The standard InChI is InChI=1S/C12H10F7NO/c1-6(5-11(14,15)16)20-10(21)7-3-2-4-8(9(7)13)12(17,18)19/h2-4,6H,5H2,1H3,(H,20,21). The third-order valence-corrected chi connectivity index (χ3v) is 2.46. The average Bonchev–Trinajstić information content (AvgIpc) is 2.24. The molecule has 9 heteroatoms. The number of alkyl halides is 6. The van der Waals surface area contributed by atoms with Gasteiger partial charge in [0, 0.05) is 6.04 Å². The van der Waals surface area contributed by atoms with Crippen LogP contribution in [0.25, 0.3) is 0 Å². The maximum Gasteiger partial charge on any atom is 0.419 e. The molecule has 0 saturated carbocycles. The maximum atomic E-state index is 13.6. The highest BCUT2D eigenvalue weighted by Gasteiger charge is 2.36. The molecule has 1 unspecified atom stereocenters. The van der Waals surface area contributed by atoms with Crippen LogP contribution in [0.3, 0.4) is 0 Å². The summed E-state index contributed by atoms with van der Waals surface area (Å²) >= 11 is 0. The Morgan fingerprint density at radius 3 is 2.24 bits per heavy atom. The lowest BCUT2D eigenvalue weighted by atomic mass is 10.1. The lowest BCUT2D eigenvalue weighted by Gasteiger charge is -2.17. The highest BCUT2D eigenvalue weighted by atomic mass is 19.4. The summed E-state index contributed by atoms with van der Waals surface area (Å²) in [4.78, 5) is 11.6. The zero-order valence-electron chi connectivity index (χ0n) is 10.6. The molecule has 0 aromatic heterocycles. The van der Waals surface area contributed by atoms with Crippen LogP contribution in [0, 0.1) is 5.82 Å². The minimum absolute atomic E-state index is 0.436. The van der Waals surface area contributed by atoms with Crippen LogP contribution in [-0.2, 0) is 6.18 Å². The maximum absolute atomic E-state index is 13.6. The molecule has 0 bridgehead atoms. The van der Waals surface area contributed by atoms with Gasteiger partial charge in [0.05, 0.1) is 17.5 Å². The summed E-state index contributed by atoms with van der Waals surface area (Å²) in [6.45, 7) is 1.01. The number of hydrogen-bond donors (Lipinski definition) is 1. The van der Waals surface area contributed by atoms with E-state index in [1.54, 1.807) is 5.32 Å². The van der Waals surface area contributed by atoms with Crippen LogP contribution in [0.4, 0.5) is 30.7 Å². The largest absolute Gasteiger partial charge is 0.419 e. The molecule has 2 nitrogen and oxygen atoms in total. The normalized spacial score (nSPS) is 13.9. The van der Waals surface area contributed by atoms with Crippen LogP contribution in [0.2, 0.25) is 0 Å². The first-order valence-corrected chi connectivity index (χ1v) is 5.65. The number of carbonyl (C=O) groups is 1. The van der Waals surface area contributed by atoms with E-state index in [0.29, 0.717) is 6.07 Å². The topological polar surface area (TPSA) is 29.1 Å². The first kappa shape index (κ1) is 17.3. The third-order valence-electron chi connectivity index (χ3n) is 2.46. The molecule has 1 rings (SSSR count). The zero-order valence-corrected chi connectivity index (χ0v) is 10.6. The van der Waals surface area contributed by atoms with Crippen molar-refractivity contribution < 1.29 is 35.5 Å². The van der Waals surface area contributed by atoms with Crippen molar-refractivity contribution >= 4 is 5.91 Å². The summed E-state index contributed by atoms with van der Waals surface area (Å²) in [5.74, 6) is -3.16. The molecule has 0 spiro atoms. The fraction of sp³-hybridized carbons (Fsp3) is 0.417. The molecule has 1 atom stereocenters. The predicted molar refractivity (Wildman–Crippen MR) is 59.0 cm³/mol. The first-order valence-electron chi connectivity index (χ1n) is 5.65. The van der Waals surface area contributed by atoms with Gasteiger partial charge in [-0.3, -0.25) is 4.79 Å². The first-order chi connectivity index (χ1) is 9.42. The van der Waals surface area contributed by atoms with Crippen molar-refractivity contribution in [3.05, 3.63) is 35.1 Å². The Kier molecular flexibility index (Phi) is 4.85. The van der Waals surface area contributed by atoms with Gasteiger partial charge >= 0.3 is 12.4 Å². The highest BCUT2D eigenvalue weighted by molar-refractivity contribution is 5.94. The van der Waals surface area contributed by atoms with Crippen molar-refractivity contribution in [3.63, 3.8) is 0 Å². The molecule has 0 heterocycles. The van der Waals surface area contributed by atoms with Gasteiger partial charge in [-0.1, -0.05) is 6.07 Å². The van der Waals surface area contributed by atoms with Crippen molar-refractivity contribution in [2.45, 2.75) is 31.7 Å². The van der Waals surface area contributed by atoms with Crippen LogP contribution in [0.5, 0.6) is 0 Å². The predicted octanol–water partition coefficient (Wildman–Crippen LogP) is 3.92. The molecule has 1 aromatic carbocycles. The molecule has 118 valence electrons. The van der Waals surface area contributed by atoms with Crippen molar-refractivity contribution in [1.29, 1.82) is 0 Å². The number of rotatable bonds is 3. The van der Waals surface area contributed by atoms with Gasteiger partial charge < -0.3 is 5.32 Å². The Morgan fingerprint density at radius 2 is 1.76 bits per heavy atom. The van der Waals surface area contributed by atoms with E-state index >= 15 is 0 Å². The number of hydrogen-bond acceptors (Lipinski definition) is 1. The summed E-state index contributed by atoms with van der Waals surface area (Å²) in [5, 5.41) is 1.81. The van der Waals surface area contributed by atoms with Crippen LogP contribution < -0.4 is 5.32 Å². The summed E-state index contributed by atoms with van der Waals surface area (Å²) in [5.41, 5.74) is -2.61. The van der Waals surface area contributed by atoms with E-state index in [1.807, 2.05) is 0 Å². The molecule has 1 amide bonds. The fourth-order valence-corrected chi connectivity index (χ4v) is 1.63. The summed E-state index contributed by atoms with van der Waals surface area (Å²) in [7, 11) is 0. The van der Waals surface area contributed by atoms with Gasteiger partial charge in [0.1, 0.15) is 5.82 Å². The molecule has 0 aliphatic carbocycles. The molecule has 0 fully saturated rings. The second-order valence-electron chi connectivity index (χ2n) is 4.36. The molecule has 0 radical (unpaired) electrons. The fourth-order valence-electron chi connectivity index (χ4n) is 1.63. The Morgan fingerprint density at radius 1 is 1.19 bits per heavy atom. The molecule has 0 aliphatic rings. The van der Waals surface area contributed by atoms with Crippen LogP contribution >= 0.6 is 0 Å². The van der Waals surface area contributed by atoms with Gasteiger partial charge in [0.2, 0.25) is 0 Å². The smallest absolute Gasteiger partial charge is 0.349 e. The van der Waals surface area contributed by atoms with E-state index in [0.717, 1.165) is 19.1 Å². The Balaban J connectivity index is 2.94. The average molecular weight is 317 g/mol. The number of amides is 1. The van der Waals surface area contributed by atoms with E-state index in [2.05, 4.69) is 0 Å². The number of benzene rings is 1. The van der Waals surface area contributed by atoms with Crippen molar-refractivity contribution in [3.8, 4) is 0 Å². The van der Waals surface area contributed by atoms with Crippen LogP contribution in [-0.4, -0.2) is 18.1 Å². The summed E-state index contributed by atoms with van der Waals surface area (Å²) in [6.07, 6.45) is -10.9. The SMILES string of the molecule is CC(CC(F)(F)F)NC(=O)c1cccc(C(F)(F)F)c1F. The Labute approximate surface area is 114 Å². The van der Waals surface area contributed by atoms with E-state index < -0.39 is 47.7 Å². The molecule has 1 aromatic rings. The molecule has 21 heavy (non-hydrogen) atoms. The van der Waals surface area contributed by atoms with E-state index in [1.165, 1.54) is 0 Å². The van der Waals surface area contributed by atoms with Crippen LogP contribution in [0.15, 0.2) is 18.2 Å². The van der Waals surface area contributed by atoms with E-state index in [-0.39, 0.29) is 0 Å². The number of halogens is 7. The van der Waals surface area contributed by atoms with Gasteiger partial charge in [-0.2, -0.15) is 26.3 Å². The Bertz CT molecular complexity index is 521. The quantitative estimate of drug-likeness (QED) is 0.841. The van der Waals surface area contributed by atoms with Crippen molar-refractivity contribution in [2.75, 3.05) is 0 Å². The lowest BCUT2D eigenvalue weighted by molar-refractivity contribution is -0.140. The highest BCUT2D eigenvalue weighted by Crippen LogP contribution is 2.32. The second kappa shape index (κ2) is 5.90.